The van der Waals surface area contributed by atoms with Crippen LogP contribution in [-0.2, 0) is 10.0 Å². The van der Waals surface area contributed by atoms with E-state index in [1.165, 1.54) is 19.1 Å². The van der Waals surface area contributed by atoms with Crippen LogP contribution in [0.1, 0.15) is 32.6 Å². The fourth-order valence-corrected chi connectivity index (χ4v) is 4.63. The molecule has 7 nitrogen and oxygen atoms in total. The summed E-state index contributed by atoms with van der Waals surface area (Å²) >= 11 is 0. The van der Waals surface area contributed by atoms with Gasteiger partial charge >= 0.3 is 0 Å². The molecule has 0 saturated carbocycles. The van der Waals surface area contributed by atoms with Crippen molar-refractivity contribution in [1.29, 1.82) is 0 Å². The topological polar surface area (TPSA) is 91.0 Å². The first kappa shape index (κ1) is 17.5. The molecule has 8 heteroatoms. The highest BCUT2D eigenvalue weighted by molar-refractivity contribution is 7.88. The summed E-state index contributed by atoms with van der Waals surface area (Å²) in [5.41, 5.74) is 5.92. The molecule has 2 aliphatic heterocycles. The van der Waals surface area contributed by atoms with Crippen molar-refractivity contribution in [2.45, 2.75) is 44.7 Å². The van der Waals surface area contributed by atoms with E-state index in [1.54, 1.807) is 4.31 Å². The Morgan fingerprint density at radius 2 is 1.95 bits per heavy atom. The van der Waals surface area contributed by atoms with Crippen LogP contribution in [0.3, 0.4) is 0 Å². The van der Waals surface area contributed by atoms with E-state index in [0.29, 0.717) is 25.1 Å². The third kappa shape index (κ3) is 4.57. The summed E-state index contributed by atoms with van der Waals surface area (Å²) in [5, 5.41) is 3.18. The summed E-state index contributed by atoms with van der Waals surface area (Å²) in [6.45, 7) is 6.24. The molecule has 2 fully saturated rings. The van der Waals surface area contributed by atoms with Gasteiger partial charge in [-0.15, -0.1) is 0 Å². The van der Waals surface area contributed by atoms with Gasteiger partial charge in [0, 0.05) is 25.2 Å². The van der Waals surface area contributed by atoms with Gasteiger partial charge in [-0.25, -0.2) is 8.42 Å². The number of likely N-dealkylation sites (N-methyl/N-ethyl adjacent to an activating group) is 1. The normalized spacial score (nSPS) is 28.4. The molecule has 0 amide bonds. The molecule has 0 radical (unpaired) electrons. The molecule has 0 aromatic rings. The van der Waals surface area contributed by atoms with Gasteiger partial charge in [-0.3, -0.25) is 9.89 Å². The third-order valence-electron chi connectivity index (χ3n) is 4.65. The van der Waals surface area contributed by atoms with E-state index in [0.717, 1.165) is 32.5 Å². The fourth-order valence-electron chi connectivity index (χ4n) is 3.45. The van der Waals surface area contributed by atoms with Gasteiger partial charge in [0.15, 0.2) is 5.96 Å². The van der Waals surface area contributed by atoms with E-state index in [-0.39, 0.29) is 6.04 Å². The minimum atomic E-state index is -3.14. The van der Waals surface area contributed by atoms with Crippen LogP contribution in [0.15, 0.2) is 4.99 Å². The molecule has 2 rings (SSSR count). The zero-order chi connectivity index (χ0) is 16.2. The van der Waals surface area contributed by atoms with Crippen LogP contribution >= 0.6 is 0 Å². The van der Waals surface area contributed by atoms with Gasteiger partial charge in [0.05, 0.1) is 12.8 Å². The Bertz CT molecular complexity index is 493. The van der Waals surface area contributed by atoms with Crippen molar-refractivity contribution < 1.29 is 8.42 Å². The Balaban J connectivity index is 1.80. The number of sulfonamides is 1. The van der Waals surface area contributed by atoms with Crippen LogP contribution in [0.5, 0.6) is 0 Å². The van der Waals surface area contributed by atoms with Gasteiger partial charge in [0.25, 0.3) is 0 Å². The third-order valence-corrected chi connectivity index (χ3v) is 5.98. The Labute approximate surface area is 134 Å². The SMILES string of the molecule is CCN1CCCC1CNC(N)=NC[C@H]1CCCN1S(C)(=O)=O. The van der Waals surface area contributed by atoms with E-state index in [9.17, 15) is 8.42 Å². The maximum Gasteiger partial charge on any atom is 0.211 e. The molecule has 2 aliphatic rings. The van der Waals surface area contributed by atoms with Crippen molar-refractivity contribution in [2.75, 3.05) is 39.0 Å². The maximum absolute atomic E-state index is 11.7. The lowest BCUT2D eigenvalue weighted by Crippen LogP contribution is -2.43. The van der Waals surface area contributed by atoms with Crippen molar-refractivity contribution >= 4 is 16.0 Å². The monoisotopic (exact) mass is 331 g/mol. The van der Waals surface area contributed by atoms with Crippen LogP contribution in [-0.4, -0.2) is 74.6 Å². The fraction of sp³-hybridized carbons (Fsp3) is 0.929. The summed E-state index contributed by atoms with van der Waals surface area (Å²) in [4.78, 5) is 6.79. The zero-order valence-electron chi connectivity index (χ0n) is 13.7. The highest BCUT2D eigenvalue weighted by Crippen LogP contribution is 2.20. The van der Waals surface area contributed by atoms with Crippen LogP contribution in [0.2, 0.25) is 0 Å². The number of rotatable bonds is 6. The second kappa shape index (κ2) is 7.61. The smallest absolute Gasteiger partial charge is 0.211 e. The molecular formula is C14H29N5O2S. The number of aliphatic imine (C=N–C) groups is 1. The van der Waals surface area contributed by atoms with Crippen molar-refractivity contribution in [3.05, 3.63) is 0 Å². The van der Waals surface area contributed by atoms with Gasteiger partial charge in [0.1, 0.15) is 0 Å². The van der Waals surface area contributed by atoms with Gasteiger partial charge in [-0.1, -0.05) is 6.92 Å². The summed E-state index contributed by atoms with van der Waals surface area (Å²) in [6, 6.07) is 0.478. The highest BCUT2D eigenvalue weighted by atomic mass is 32.2. The summed E-state index contributed by atoms with van der Waals surface area (Å²) in [6.07, 6.45) is 5.45. The first-order valence-electron chi connectivity index (χ1n) is 8.16. The first-order chi connectivity index (χ1) is 10.4. The number of nitrogens with zero attached hydrogens (tertiary/aromatic N) is 3. The predicted molar refractivity (Wildman–Crippen MR) is 89.3 cm³/mol. The van der Waals surface area contributed by atoms with Crippen molar-refractivity contribution in [2.24, 2.45) is 10.7 Å². The number of likely N-dealkylation sites (tertiary alicyclic amines) is 1. The van der Waals surface area contributed by atoms with Crippen molar-refractivity contribution in [3.63, 3.8) is 0 Å². The lowest BCUT2D eigenvalue weighted by molar-refractivity contribution is 0.267. The lowest BCUT2D eigenvalue weighted by atomic mass is 10.2. The molecule has 2 saturated heterocycles. The molecule has 0 bridgehead atoms. The second-order valence-corrected chi connectivity index (χ2v) is 8.14. The molecule has 2 atom stereocenters. The number of hydrogen-bond acceptors (Lipinski definition) is 4. The molecule has 0 spiro atoms. The van der Waals surface area contributed by atoms with Gasteiger partial charge in [-0.2, -0.15) is 4.31 Å². The van der Waals surface area contributed by atoms with E-state index in [1.807, 2.05) is 0 Å². The standard InChI is InChI=1S/C14H29N5O2S/c1-3-18-8-4-6-12(18)10-16-14(15)17-11-13-7-5-9-19(13)22(2,20)21/h12-13H,3-11H2,1-2H3,(H3,15,16,17)/t12?,13-/m1/s1. The Hall–Kier alpha value is -0.860. The minimum Gasteiger partial charge on any atom is -0.370 e. The maximum atomic E-state index is 11.7. The molecular weight excluding hydrogens is 302 g/mol. The average Bonchev–Trinajstić information content (AvgIpc) is 3.10. The molecule has 0 aliphatic carbocycles. The van der Waals surface area contributed by atoms with E-state index >= 15 is 0 Å². The average molecular weight is 331 g/mol. The number of guanidine groups is 1. The number of nitrogens with two attached hydrogens (primary N) is 1. The van der Waals surface area contributed by atoms with Crippen LogP contribution in [0, 0.1) is 0 Å². The van der Waals surface area contributed by atoms with Crippen LogP contribution in [0.25, 0.3) is 0 Å². The molecule has 3 N–H and O–H groups in total. The van der Waals surface area contributed by atoms with E-state index in [4.69, 9.17) is 5.73 Å². The molecule has 2 heterocycles. The number of hydrogen-bond donors (Lipinski definition) is 2. The quantitative estimate of drug-likeness (QED) is 0.519. The second-order valence-electron chi connectivity index (χ2n) is 6.20. The van der Waals surface area contributed by atoms with Crippen molar-refractivity contribution in [3.8, 4) is 0 Å². The summed E-state index contributed by atoms with van der Waals surface area (Å²) in [7, 11) is -3.14. The molecule has 22 heavy (non-hydrogen) atoms. The minimum absolute atomic E-state index is 0.0472. The van der Waals surface area contributed by atoms with E-state index < -0.39 is 10.0 Å². The largest absolute Gasteiger partial charge is 0.370 e. The zero-order valence-corrected chi connectivity index (χ0v) is 14.5. The van der Waals surface area contributed by atoms with Crippen molar-refractivity contribution in [1.82, 2.24) is 14.5 Å². The Kier molecular flexibility index (Phi) is 6.05. The van der Waals surface area contributed by atoms with Crippen LogP contribution in [0.4, 0.5) is 0 Å². The molecule has 1 unspecified atom stereocenters. The Morgan fingerprint density at radius 3 is 2.64 bits per heavy atom. The molecule has 128 valence electrons. The first-order valence-corrected chi connectivity index (χ1v) is 10.0. The number of nitrogens with one attached hydrogen (secondary N) is 1. The Morgan fingerprint density at radius 1 is 1.27 bits per heavy atom. The summed E-state index contributed by atoms with van der Waals surface area (Å²) in [5.74, 6) is 0.420. The van der Waals surface area contributed by atoms with Crippen LogP contribution < -0.4 is 11.1 Å². The summed E-state index contributed by atoms with van der Waals surface area (Å²) < 4.78 is 24.9. The van der Waals surface area contributed by atoms with E-state index in [2.05, 4.69) is 22.1 Å². The predicted octanol–water partition coefficient (Wildman–Crippen LogP) is -0.201. The lowest BCUT2D eigenvalue weighted by Gasteiger charge is -2.23. The molecule has 0 aromatic heterocycles. The van der Waals surface area contributed by atoms with Gasteiger partial charge in [0.2, 0.25) is 10.0 Å². The van der Waals surface area contributed by atoms with Gasteiger partial charge < -0.3 is 11.1 Å². The highest BCUT2D eigenvalue weighted by Gasteiger charge is 2.31. The van der Waals surface area contributed by atoms with Gasteiger partial charge in [-0.05, 0) is 38.8 Å². The molecule has 0 aromatic carbocycles.